The summed E-state index contributed by atoms with van der Waals surface area (Å²) in [5.74, 6) is 0.585. The van der Waals surface area contributed by atoms with E-state index in [1.165, 1.54) is 12.8 Å². The van der Waals surface area contributed by atoms with Gasteiger partial charge in [-0.05, 0) is 25.0 Å². The average molecular weight is 359 g/mol. The molecule has 1 amide bonds. The summed E-state index contributed by atoms with van der Waals surface area (Å²) in [6.45, 7) is 2.92. The van der Waals surface area contributed by atoms with Crippen molar-refractivity contribution in [3.8, 4) is 5.88 Å². The predicted molar refractivity (Wildman–Crippen MR) is 95.8 cm³/mol. The van der Waals surface area contributed by atoms with Crippen LogP contribution in [0.25, 0.3) is 0 Å². The van der Waals surface area contributed by atoms with Crippen LogP contribution in [0, 0.1) is 0 Å². The molecule has 7 heteroatoms. The second-order valence-corrected chi connectivity index (χ2v) is 7.19. The van der Waals surface area contributed by atoms with Crippen molar-refractivity contribution in [1.82, 2.24) is 9.78 Å². The van der Waals surface area contributed by atoms with E-state index in [1.807, 2.05) is 18.2 Å². The number of fused-ring (bicyclic) bond motifs is 2. The van der Waals surface area contributed by atoms with E-state index >= 15 is 0 Å². The molecule has 130 valence electrons. The van der Waals surface area contributed by atoms with Crippen LogP contribution in [-0.2, 0) is 6.54 Å². The molecule has 0 spiro atoms. The van der Waals surface area contributed by atoms with Gasteiger partial charge in [0.2, 0.25) is 5.88 Å². The molecule has 0 bridgehead atoms. The molecule has 0 atom stereocenters. The number of rotatable bonds is 2. The number of para-hydroxylation sites is 1. The molecule has 3 heterocycles. The number of aryl methyl sites for hydroxylation is 1. The molecule has 2 aromatic rings. The zero-order chi connectivity index (χ0) is 17.0. The van der Waals surface area contributed by atoms with Gasteiger partial charge in [0.05, 0.1) is 23.0 Å². The Balaban J connectivity index is 1.51. The molecule has 0 radical (unpaired) electrons. The normalized spacial score (nSPS) is 19.2. The van der Waals surface area contributed by atoms with Crippen LogP contribution < -0.4 is 14.5 Å². The number of halogens is 1. The van der Waals surface area contributed by atoms with E-state index in [9.17, 15) is 4.79 Å². The molecule has 0 saturated heterocycles. The molecular formula is C18H19ClN4O2. The highest BCUT2D eigenvalue weighted by Gasteiger charge is 2.37. The number of hydrogen-bond acceptors (Lipinski definition) is 4. The van der Waals surface area contributed by atoms with E-state index in [0.29, 0.717) is 35.8 Å². The number of anilines is 2. The van der Waals surface area contributed by atoms with Gasteiger partial charge in [-0.25, -0.2) is 4.68 Å². The molecule has 5 rings (SSSR count). The summed E-state index contributed by atoms with van der Waals surface area (Å²) in [4.78, 5) is 17.3. The van der Waals surface area contributed by atoms with Crippen molar-refractivity contribution in [2.45, 2.75) is 31.8 Å². The molecule has 6 nitrogen and oxygen atoms in total. The highest BCUT2D eigenvalue weighted by molar-refractivity contribution is 6.34. The van der Waals surface area contributed by atoms with E-state index in [0.717, 1.165) is 30.9 Å². The van der Waals surface area contributed by atoms with Crippen molar-refractivity contribution in [1.29, 1.82) is 0 Å². The highest BCUT2D eigenvalue weighted by Crippen LogP contribution is 2.44. The highest BCUT2D eigenvalue weighted by atomic mass is 35.5. The van der Waals surface area contributed by atoms with Crippen molar-refractivity contribution >= 4 is 28.9 Å². The molecule has 1 aromatic carbocycles. The van der Waals surface area contributed by atoms with Gasteiger partial charge in [0.15, 0.2) is 5.69 Å². The molecule has 1 fully saturated rings. The predicted octanol–water partition coefficient (Wildman–Crippen LogP) is 2.95. The fourth-order valence-corrected chi connectivity index (χ4v) is 4.00. The minimum atomic E-state index is -0.0931. The van der Waals surface area contributed by atoms with Gasteiger partial charge in [0.25, 0.3) is 5.91 Å². The second-order valence-electron chi connectivity index (χ2n) is 6.78. The van der Waals surface area contributed by atoms with Gasteiger partial charge in [0.1, 0.15) is 0 Å². The average Bonchev–Trinajstić information content (AvgIpc) is 3.38. The first-order valence-electron chi connectivity index (χ1n) is 8.80. The lowest BCUT2D eigenvalue weighted by atomic mass is 10.1. The van der Waals surface area contributed by atoms with Crippen LogP contribution in [0.2, 0.25) is 5.02 Å². The second kappa shape index (κ2) is 5.66. The quantitative estimate of drug-likeness (QED) is 0.828. The van der Waals surface area contributed by atoms with E-state index in [-0.39, 0.29) is 5.91 Å². The van der Waals surface area contributed by atoms with Crippen LogP contribution >= 0.6 is 11.6 Å². The Hall–Kier alpha value is -2.21. The molecule has 0 unspecified atom stereocenters. The first-order chi connectivity index (χ1) is 12.2. The summed E-state index contributed by atoms with van der Waals surface area (Å²) < 4.78 is 7.36. The summed E-state index contributed by atoms with van der Waals surface area (Å²) in [7, 11) is 0. The summed E-state index contributed by atoms with van der Waals surface area (Å²) >= 11 is 6.49. The Labute approximate surface area is 150 Å². The van der Waals surface area contributed by atoms with Gasteiger partial charge in [-0.2, -0.15) is 5.10 Å². The Morgan fingerprint density at radius 2 is 2.12 bits per heavy atom. The third-order valence-corrected chi connectivity index (χ3v) is 5.37. The standard InChI is InChI=1S/C18H19ClN4O2/c19-13-3-1-4-15-17(13)21(12-5-6-12)8-9-22(15)18(24)14-11-16-23(20-14)7-2-10-25-16/h1,3-4,11-12H,2,5-10H2. The number of benzene rings is 1. The number of hydrogen-bond donors (Lipinski definition) is 0. The number of carbonyl (C=O) groups excluding carboxylic acids is 1. The third kappa shape index (κ3) is 2.47. The fraction of sp³-hybridized carbons (Fsp3) is 0.444. The van der Waals surface area contributed by atoms with Gasteiger partial charge in [-0.1, -0.05) is 17.7 Å². The summed E-state index contributed by atoms with van der Waals surface area (Å²) in [5, 5.41) is 5.14. The Bertz CT molecular complexity index is 822. The zero-order valence-corrected chi connectivity index (χ0v) is 14.6. The van der Waals surface area contributed by atoms with Crippen molar-refractivity contribution in [2.75, 3.05) is 29.5 Å². The van der Waals surface area contributed by atoms with Crippen LogP contribution in [0.4, 0.5) is 11.4 Å². The minimum Gasteiger partial charge on any atom is -0.478 e. The lowest BCUT2D eigenvalue weighted by Crippen LogP contribution is -2.45. The molecule has 1 aromatic heterocycles. The molecule has 3 aliphatic rings. The third-order valence-electron chi connectivity index (χ3n) is 5.07. The monoisotopic (exact) mass is 358 g/mol. The lowest BCUT2D eigenvalue weighted by molar-refractivity contribution is 0.0981. The van der Waals surface area contributed by atoms with Crippen LogP contribution in [0.15, 0.2) is 24.3 Å². The Morgan fingerprint density at radius 3 is 2.92 bits per heavy atom. The SMILES string of the molecule is O=C(c1cc2n(n1)CCCO2)N1CCN(C2CC2)c2c(Cl)cccc21. The Morgan fingerprint density at radius 1 is 1.24 bits per heavy atom. The van der Waals surface area contributed by atoms with Gasteiger partial charge >= 0.3 is 0 Å². The first-order valence-corrected chi connectivity index (χ1v) is 9.18. The lowest BCUT2D eigenvalue weighted by Gasteiger charge is -2.38. The molecule has 1 saturated carbocycles. The fourth-order valence-electron chi connectivity index (χ4n) is 3.72. The smallest absolute Gasteiger partial charge is 0.279 e. The topological polar surface area (TPSA) is 50.6 Å². The maximum absolute atomic E-state index is 13.1. The number of amides is 1. The van der Waals surface area contributed by atoms with Crippen molar-refractivity contribution < 1.29 is 9.53 Å². The van der Waals surface area contributed by atoms with E-state index in [1.54, 1.807) is 15.6 Å². The van der Waals surface area contributed by atoms with Gasteiger partial charge in [-0.15, -0.1) is 0 Å². The van der Waals surface area contributed by atoms with Crippen LogP contribution in [0.3, 0.4) is 0 Å². The first kappa shape index (κ1) is 15.1. The summed E-state index contributed by atoms with van der Waals surface area (Å²) in [6, 6.07) is 8.08. The largest absolute Gasteiger partial charge is 0.478 e. The summed E-state index contributed by atoms with van der Waals surface area (Å²) in [5.41, 5.74) is 2.29. The molecule has 2 aliphatic heterocycles. The number of nitrogens with zero attached hydrogens (tertiary/aromatic N) is 4. The van der Waals surface area contributed by atoms with Crippen molar-refractivity contribution in [3.63, 3.8) is 0 Å². The van der Waals surface area contributed by atoms with Crippen LogP contribution in [0.1, 0.15) is 29.8 Å². The van der Waals surface area contributed by atoms with Crippen molar-refractivity contribution in [3.05, 3.63) is 35.0 Å². The number of carbonyl (C=O) groups is 1. The van der Waals surface area contributed by atoms with Gasteiger partial charge in [0, 0.05) is 38.2 Å². The maximum Gasteiger partial charge on any atom is 0.279 e. The maximum atomic E-state index is 13.1. The van der Waals surface area contributed by atoms with Crippen LogP contribution in [0.5, 0.6) is 5.88 Å². The van der Waals surface area contributed by atoms with E-state index in [2.05, 4.69) is 10.00 Å². The zero-order valence-electron chi connectivity index (χ0n) is 13.8. The molecule has 1 aliphatic carbocycles. The molecule has 25 heavy (non-hydrogen) atoms. The van der Waals surface area contributed by atoms with Crippen LogP contribution in [-0.4, -0.2) is 41.4 Å². The van der Waals surface area contributed by atoms with E-state index < -0.39 is 0 Å². The molecule has 0 N–H and O–H groups in total. The minimum absolute atomic E-state index is 0.0931. The molecular weight excluding hydrogens is 340 g/mol. The Kier molecular flexibility index (Phi) is 3.41. The van der Waals surface area contributed by atoms with Gasteiger partial charge < -0.3 is 14.5 Å². The van der Waals surface area contributed by atoms with Gasteiger partial charge in [-0.3, -0.25) is 4.79 Å². The summed E-state index contributed by atoms with van der Waals surface area (Å²) in [6.07, 6.45) is 3.31. The van der Waals surface area contributed by atoms with Crippen molar-refractivity contribution in [2.24, 2.45) is 0 Å². The van der Waals surface area contributed by atoms with E-state index in [4.69, 9.17) is 16.3 Å². The number of ether oxygens (including phenoxy) is 1. The number of aromatic nitrogens is 2.